The fraction of sp³-hybridized carbons (Fsp3) is 0.364. The molecule has 0 radical (unpaired) electrons. The third-order valence-electron chi connectivity index (χ3n) is 2.22. The van der Waals surface area contributed by atoms with E-state index in [1.807, 2.05) is 18.4 Å². The van der Waals surface area contributed by atoms with E-state index in [0.29, 0.717) is 12.3 Å². The second-order valence-electron chi connectivity index (χ2n) is 3.67. The van der Waals surface area contributed by atoms with Crippen molar-refractivity contribution >= 4 is 45.2 Å². The highest BCUT2D eigenvalue weighted by atomic mass is 32.2. The number of carbonyl (C=O) groups excluding carboxylic acids is 1. The first kappa shape index (κ1) is 13.1. The average molecular weight is 282 g/mol. The summed E-state index contributed by atoms with van der Waals surface area (Å²) >= 11 is 2.91. The monoisotopic (exact) mass is 282 g/mol. The number of rotatable bonds is 5. The van der Waals surface area contributed by atoms with Crippen molar-refractivity contribution in [1.82, 2.24) is 15.3 Å². The lowest BCUT2D eigenvalue weighted by Crippen LogP contribution is -2.25. The van der Waals surface area contributed by atoms with Crippen molar-refractivity contribution in [2.24, 2.45) is 0 Å². The topological polar surface area (TPSA) is 80.9 Å². The van der Waals surface area contributed by atoms with Crippen molar-refractivity contribution in [2.75, 3.05) is 18.0 Å². The van der Waals surface area contributed by atoms with E-state index in [-0.39, 0.29) is 11.9 Å². The van der Waals surface area contributed by atoms with Gasteiger partial charge in [0, 0.05) is 11.9 Å². The molecular formula is C11H14N4OS2. The van der Waals surface area contributed by atoms with Gasteiger partial charge < -0.3 is 11.1 Å². The number of fused-ring (bicyclic) bond motifs is 1. The summed E-state index contributed by atoms with van der Waals surface area (Å²) in [5, 5.41) is 6.50. The Morgan fingerprint density at radius 1 is 1.56 bits per heavy atom. The van der Waals surface area contributed by atoms with Gasteiger partial charge in [-0.05, 0) is 17.9 Å². The van der Waals surface area contributed by atoms with Gasteiger partial charge in [-0.1, -0.05) is 18.7 Å². The lowest BCUT2D eigenvalue weighted by molar-refractivity contribution is -0.118. The minimum Gasteiger partial charge on any atom is -0.368 e. The number of nitrogens with one attached hydrogen (secondary N) is 1. The Morgan fingerprint density at radius 2 is 2.39 bits per heavy atom. The number of hydrogen-bond donors (Lipinski definition) is 2. The molecule has 2 aromatic rings. The molecule has 0 fully saturated rings. The molecule has 18 heavy (non-hydrogen) atoms. The van der Waals surface area contributed by atoms with Crippen LogP contribution in [0.3, 0.4) is 0 Å². The van der Waals surface area contributed by atoms with Crippen molar-refractivity contribution in [1.29, 1.82) is 0 Å². The molecule has 5 nitrogen and oxygen atoms in total. The third kappa shape index (κ3) is 3.11. The number of carbonyl (C=O) groups is 1. The van der Waals surface area contributed by atoms with Gasteiger partial charge in [0.15, 0.2) is 0 Å². The second kappa shape index (κ2) is 6.01. The minimum atomic E-state index is 0.0161. The minimum absolute atomic E-state index is 0.0161. The quantitative estimate of drug-likeness (QED) is 0.646. The maximum absolute atomic E-state index is 11.5. The molecule has 0 aliphatic heterocycles. The van der Waals surface area contributed by atoms with Gasteiger partial charge in [-0.25, -0.2) is 9.97 Å². The van der Waals surface area contributed by atoms with Crippen LogP contribution in [0, 0.1) is 0 Å². The van der Waals surface area contributed by atoms with Crippen LogP contribution in [0.5, 0.6) is 0 Å². The Balaban J connectivity index is 2.07. The largest absolute Gasteiger partial charge is 0.368 e. The van der Waals surface area contributed by atoms with E-state index in [2.05, 4.69) is 15.3 Å². The standard InChI is InChI=1S/C11H14N4OS2/c1-2-4-13-8(16)6-18-10-7-3-5-17-9(7)14-11(12)15-10/h3,5H,2,4,6H2,1H3,(H,13,16)(H2,12,14,15). The number of nitrogen functional groups attached to an aromatic ring is 1. The van der Waals surface area contributed by atoms with Gasteiger partial charge in [-0.3, -0.25) is 4.79 Å². The smallest absolute Gasteiger partial charge is 0.230 e. The van der Waals surface area contributed by atoms with Crippen LogP contribution in [0.4, 0.5) is 5.95 Å². The molecular weight excluding hydrogens is 268 g/mol. The number of anilines is 1. The predicted octanol–water partition coefficient (Wildman–Crippen LogP) is 1.89. The number of amides is 1. The van der Waals surface area contributed by atoms with Gasteiger partial charge in [0.1, 0.15) is 9.86 Å². The van der Waals surface area contributed by atoms with Crippen LogP contribution in [0.1, 0.15) is 13.3 Å². The van der Waals surface area contributed by atoms with Crippen LogP contribution < -0.4 is 11.1 Å². The van der Waals surface area contributed by atoms with Gasteiger partial charge in [0.05, 0.1) is 5.75 Å². The maximum Gasteiger partial charge on any atom is 0.230 e. The lowest BCUT2D eigenvalue weighted by Gasteiger charge is -2.04. The second-order valence-corrected chi connectivity index (χ2v) is 5.52. The molecule has 0 saturated heterocycles. The van der Waals surface area contributed by atoms with Gasteiger partial charge in [-0.2, -0.15) is 0 Å². The van der Waals surface area contributed by atoms with Crippen molar-refractivity contribution in [2.45, 2.75) is 18.4 Å². The van der Waals surface area contributed by atoms with Crippen molar-refractivity contribution in [3.63, 3.8) is 0 Å². The number of nitrogens with zero attached hydrogens (tertiary/aromatic N) is 2. The maximum atomic E-state index is 11.5. The van der Waals surface area contributed by atoms with Crippen LogP contribution in [0.15, 0.2) is 16.5 Å². The third-order valence-corrected chi connectivity index (χ3v) is 4.02. The molecule has 96 valence electrons. The van der Waals surface area contributed by atoms with E-state index in [9.17, 15) is 4.79 Å². The Hall–Kier alpha value is -1.34. The van der Waals surface area contributed by atoms with Crippen LogP contribution in [0.2, 0.25) is 0 Å². The highest BCUT2D eigenvalue weighted by Crippen LogP contribution is 2.28. The average Bonchev–Trinajstić information content (AvgIpc) is 2.81. The Bertz CT molecular complexity index is 555. The first-order chi connectivity index (χ1) is 8.70. The van der Waals surface area contributed by atoms with Gasteiger partial charge in [0.25, 0.3) is 0 Å². The molecule has 0 aromatic carbocycles. The number of thioether (sulfide) groups is 1. The highest BCUT2D eigenvalue weighted by Gasteiger charge is 2.10. The molecule has 0 saturated carbocycles. The van der Waals surface area contributed by atoms with Gasteiger partial charge >= 0.3 is 0 Å². The highest BCUT2D eigenvalue weighted by molar-refractivity contribution is 8.00. The Labute approximate surface area is 113 Å². The molecule has 0 unspecified atom stereocenters. The van der Waals surface area contributed by atoms with Crippen molar-refractivity contribution in [3.8, 4) is 0 Å². The number of aromatic nitrogens is 2. The summed E-state index contributed by atoms with van der Waals surface area (Å²) in [6.45, 7) is 2.73. The number of thiophene rings is 1. The Morgan fingerprint density at radius 3 is 3.17 bits per heavy atom. The summed E-state index contributed by atoms with van der Waals surface area (Å²) in [6.07, 6.45) is 0.936. The zero-order valence-electron chi connectivity index (χ0n) is 9.97. The van der Waals surface area contributed by atoms with Crippen LogP contribution >= 0.6 is 23.1 Å². The molecule has 2 aromatic heterocycles. The molecule has 2 rings (SSSR count). The van der Waals surface area contributed by atoms with E-state index in [0.717, 1.165) is 21.7 Å². The van der Waals surface area contributed by atoms with Gasteiger partial charge in [0.2, 0.25) is 11.9 Å². The lowest BCUT2D eigenvalue weighted by atomic mass is 10.4. The Kier molecular flexibility index (Phi) is 4.38. The summed E-state index contributed by atoms with van der Waals surface area (Å²) in [5.74, 6) is 0.616. The summed E-state index contributed by atoms with van der Waals surface area (Å²) in [4.78, 5) is 20.7. The van der Waals surface area contributed by atoms with E-state index in [1.54, 1.807) is 0 Å². The molecule has 1 amide bonds. The summed E-state index contributed by atoms with van der Waals surface area (Å²) in [6, 6.07) is 1.95. The molecule has 0 bridgehead atoms. The molecule has 0 atom stereocenters. The first-order valence-electron chi connectivity index (χ1n) is 5.61. The zero-order valence-corrected chi connectivity index (χ0v) is 11.6. The fourth-order valence-corrected chi connectivity index (χ4v) is 3.09. The number of hydrogen-bond acceptors (Lipinski definition) is 6. The van der Waals surface area contributed by atoms with Crippen LogP contribution in [-0.2, 0) is 4.79 Å². The number of nitrogens with two attached hydrogens (primary N) is 1. The van der Waals surface area contributed by atoms with E-state index in [4.69, 9.17) is 5.73 Å². The summed E-state index contributed by atoms with van der Waals surface area (Å²) < 4.78 is 0. The SMILES string of the molecule is CCCNC(=O)CSc1nc(N)nc2sccc12. The summed E-state index contributed by atoms with van der Waals surface area (Å²) in [5.41, 5.74) is 5.64. The van der Waals surface area contributed by atoms with Crippen LogP contribution in [0.25, 0.3) is 10.2 Å². The van der Waals surface area contributed by atoms with E-state index >= 15 is 0 Å². The molecule has 0 spiro atoms. The summed E-state index contributed by atoms with van der Waals surface area (Å²) in [7, 11) is 0. The van der Waals surface area contributed by atoms with E-state index in [1.165, 1.54) is 23.1 Å². The van der Waals surface area contributed by atoms with Crippen molar-refractivity contribution in [3.05, 3.63) is 11.4 Å². The predicted molar refractivity (Wildman–Crippen MR) is 75.9 cm³/mol. The normalized spacial score (nSPS) is 10.7. The zero-order chi connectivity index (χ0) is 13.0. The molecule has 7 heteroatoms. The van der Waals surface area contributed by atoms with Crippen LogP contribution in [-0.4, -0.2) is 28.2 Å². The fourth-order valence-electron chi connectivity index (χ4n) is 1.40. The van der Waals surface area contributed by atoms with Gasteiger partial charge in [-0.15, -0.1) is 11.3 Å². The van der Waals surface area contributed by atoms with E-state index < -0.39 is 0 Å². The first-order valence-corrected chi connectivity index (χ1v) is 7.47. The molecule has 2 heterocycles. The molecule has 0 aliphatic rings. The van der Waals surface area contributed by atoms with Crippen molar-refractivity contribution < 1.29 is 4.79 Å². The molecule has 3 N–H and O–H groups in total. The molecule has 0 aliphatic carbocycles.